The molecule has 1 aliphatic rings. The van der Waals surface area contributed by atoms with Crippen molar-refractivity contribution in [1.82, 2.24) is 0 Å². The number of nitrogens with zero attached hydrogens (tertiary/aromatic N) is 1. The van der Waals surface area contributed by atoms with Gasteiger partial charge in [0.15, 0.2) is 0 Å². The molecule has 0 bridgehead atoms. The Bertz CT molecular complexity index is 430. The highest BCUT2D eigenvalue weighted by molar-refractivity contribution is 5.40. The van der Waals surface area contributed by atoms with Crippen molar-refractivity contribution >= 4 is 0 Å². The van der Waals surface area contributed by atoms with Crippen molar-refractivity contribution in [1.29, 1.82) is 5.26 Å². The molecule has 3 heteroatoms. The van der Waals surface area contributed by atoms with Gasteiger partial charge in [-0.25, -0.2) is 4.39 Å². The number of rotatable bonds is 2. The van der Waals surface area contributed by atoms with Crippen LogP contribution in [0.25, 0.3) is 0 Å². The van der Waals surface area contributed by atoms with Crippen LogP contribution in [0.15, 0.2) is 18.2 Å². The average Bonchev–Trinajstić information content (AvgIpc) is 2.97. The number of aliphatic hydroxyl groups is 1. The van der Waals surface area contributed by atoms with Crippen LogP contribution in [0.2, 0.25) is 0 Å². The minimum absolute atomic E-state index is 0.285. The zero-order valence-corrected chi connectivity index (χ0v) is 8.50. The van der Waals surface area contributed by atoms with E-state index in [-0.39, 0.29) is 5.56 Å². The van der Waals surface area contributed by atoms with Gasteiger partial charge >= 0.3 is 0 Å². The first-order valence-corrected chi connectivity index (χ1v) is 4.98. The fraction of sp³-hybridized carbons (Fsp3) is 0.417. The summed E-state index contributed by atoms with van der Waals surface area (Å²) in [6.45, 7) is 1.52. The number of benzene rings is 1. The Morgan fingerprint density at radius 2 is 2.20 bits per heavy atom. The predicted octanol–water partition coefficient (Wildman–Crippen LogP) is 2.43. The summed E-state index contributed by atoms with van der Waals surface area (Å²) in [5.41, 5.74) is 0.553. The lowest BCUT2D eigenvalue weighted by Gasteiger charge is -2.10. The van der Waals surface area contributed by atoms with Crippen LogP contribution in [0.4, 0.5) is 4.39 Å². The Kier molecular flexibility index (Phi) is 2.24. The molecule has 1 aromatic carbocycles. The van der Waals surface area contributed by atoms with E-state index in [9.17, 15) is 9.50 Å². The highest BCUT2D eigenvalue weighted by atomic mass is 19.1. The molecule has 0 spiro atoms. The Hall–Kier alpha value is -1.40. The van der Waals surface area contributed by atoms with Crippen molar-refractivity contribution in [3.05, 3.63) is 35.1 Å². The van der Waals surface area contributed by atoms with Gasteiger partial charge < -0.3 is 5.11 Å². The quantitative estimate of drug-likeness (QED) is 0.805. The van der Waals surface area contributed by atoms with E-state index in [0.717, 1.165) is 18.4 Å². The van der Waals surface area contributed by atoms with Crippen LogP contribution in [-0.2, 0) is 5.41 Å². The largest absolute Gasteiger partial charge is 0.389 e. The molecule has 1 aliphatic carbocycles. The van der Waals surface area contributed by atoms with Gasteiger partial charge in [0, 0.05) is 5.56 Å². The lowest BCUT2D eigenvalue weighted by Crippen LogP contribution is -2.05. The van der Waals surface area contributed by atoms with Crippen molar-refractivity contribution in [2.45, 2.75) is 31.3 Å². The number of aliphatic hydroxyl groups excluding tert-OH is 1. The number of hydrogen-bond donors (Lipinski definition) is 1. The van der Waals surface area contributed by atoms with Crippen molar-refractivity contribution in [3.63, 3.8) is 0 Å². The topological polar surface area (TPSA) is 44.0 Å². The molecule has 1 aromatic rings. The van der Waals surface area contributed by atoms with Crippen LogP contribution in [0.5, 0.6) is 0 Å². The second-order valence-corrected chi connectivity index (χ2v) is 4.11. The van der Waals surface area contributed by atoms with E-state index < -0.39 is 17.3 Å². The van der Waals surface area contributed by atoms with Crippen LogP contribution in [0.3, 0.4) is 0 Å². The molecule has 1 saturated carbocycles. The van der Waals surface area contributed by atoms with Gasteiger partial charge in [-0.3, -0.25) is 0 Å². The second-order valence-electron chi connectivity index (χ2n) is 4.11. The lowest BCUT2D eigenvalue weighted by atomic mass is 9.95. The van der Waals surface area contributed by atoms with E-state index in [0.29, 0.717) is 0 Å². The molecule has 2 rings (SSSR count). The molecule has 0 amide bonds. The Labute approximate surface area is 88.0 Å². The maximum absolute atomic E-state index is 13.5. The molecule has 15 heavy (non-hydrogen) atoms. The number of nitriles is 1. The fourth-order valence-corrected chi connectivity index (χ4v) is 1.75. The highest BCUT2D eigenvalue weighted by Gasteiger charge is 2.45. The summed E-state index contributed by atoms with van der Waals surface area (Å²) >= 11 is 0. The van der Waals surface area contributed by atoms with Crippen molar-refractivity contribution in [2.75, 3.05) is 0 Å². The third-order valence-electron chi connectivity index (χ3n) is 2.97. The molecule has 0 saturated heterocycles. The molecular weight excluding hydrogens is 193 g/mol. The number of halogens is 1. The summed E-state index contributed by atoms with van der Waals surface area (Å²) in [5, 5.41) is 18.2. The predicted molar refractivity (Wildman–Crippen MR) is 53.6 cm³/mol. The van der Waals surface area contributed by atoms with Crippen LogP contribution < -0.4 is 0 Å². The van der Waals surface area contributed by atoms with E-state index in [1.54, 1.807) is 12.1 Å². The summed E-state index contributed by atoms with van der Waals surface area (Å²) in [6.07, 6.45) is 0.796. The van der Waals surface area contributed by atoms with Crippen LogP contribution >= 0.6 is 0 Å². The highest BCUT2D eigenvalue weighted by Crippen LogP contribution is 2.47. The first-order valence-electron chi connectivity index (χ1n) is 4.98. The molecule has 1 fully saturated rings. The molecule has 1 unspecified atom stereocenters. The third-order valence-corrected chi connectivity index (χ3v) is 2.97. The van der Waals surface area contributed by atoms with Crippen molar-refractivity contribution in [3.8, 4) is 6.07 Å². The molecule has 0 aliphatic heterocycles. The van der Waals surface area contributed by atoms with Gasteiger partial charge in [0.05, 0.1) is 17.6 Å². The fourth-order valence-electron chi connectivity index (χ4n) is 1.75. The minimum Gasteiger partial charge on any atom is -0.389 e. The van der Waals surface area contributed by atoms with E-state index in [1.807, 2.05) is 0 Å². The average molecular weight is 205 g/mol. The van der Waals surface area contributed by atoms with Gasteiger partial charge in [0.25, 0.3) is 0 Å². The summed E-state index contributed by atoms with van der Waals surface area (Å²) < 4.78 is 13.5. The summed E-state index contributed by atoms with van der Waals surface area (Å²) in [4.78, 5) is 0. The SMILES string of the molecule is CC(O)c1ccc(C2(C#N)CC2)cc1F. The lowest BCUT2D eigenvalue weighted by molar-refractivity contribution is 0.194. The summed E-state index contributed by atoms with van der Waals surface area (Å²) in [6, 6.07) is 6.89. The molecule has 0 radical (unpaired) electrons. The van der Waals surface area contributed by atoms with Crippen molar-refractivity contribution < 1.29 is 9.50 Å². The molecule has 2 nitrogen and oxygen atoms in total. The van der Waals surface area contributed by atoms with E-state index in [4.69, 9.17) is 5.26 Å². The normalized spacial score (nSPS) is 19.3. The summed E-state index contributed by atoms with van der Waals surface area (Å²) in [7, 11) is 0. The maximum atomic E-state index is 13.5. The van der Waals surface area contributed by atoms with E-state index >= 15 is 0 Å². The van der Waals surface area contributed by atoms with Crippen molar-refractivity contribution in [2.24, 2.45) is 0 Å². The Morgan fingerprint density at radius 3 is 2.60 bits per heavy atom. The molecule has 0 aromatic heterocycles. The van der Waals surface area contributed by atoms with Gasteiger partial charge in [-0.2, -0.15) is 5.26 Å². The Morgan fingerprint density at radius 1 is 1.53 bits per heavy atom. The first kappa shape index (κ1) is 10.1. The molecule has 1 atom stereocenters. The second kappa shape index (κ2) is 3.32. The van der Waals surface area contributed by atoms with Gasteiger partial charge in [-0.1, -0.05) is 12.1 Å². The first-order chi connectivity index (χ1) is 7.09. The smallest absolute Gasteiger partial charge is 0.129 e. The van der Waals surface area contributed by atoms with E-state index in [2.05, 4.69) is 6.07 Å². The van der Waals surface area contributed by atoms with Gasteiger partial charge in [0.1, 0.15) is 5.82 Å². The maximum Gasteiger partial charge on any atom is 0.129 e. The molecule has 78 valence electrons. The van der Waals surface area contributed by atoms with Crippen LogP contribution in [-0.4, -0.2) is 5.11 Å². The standard InChI is InChI=1S/C12H12FNO/c1-8(15)10-3-2-9(6-11(10)13)12(7-14)4-5-12/h2-3,6,8,15H,4-5H2,1H3. The van der Waals surface area contributed by atoms with Crippen LogP contribution in [0.1, 0.15) is 37.0 Å². The summed E-state index contributed by atoms with van der Waals surface area (Å²) in [5.74, 6) is -0.427. The molecular formula is C12H12FNO. The zero-order valence-electron chi connectivity index (χ0n) is 8.50. The molecule has 0 heterocycles. The zero-order chi connectivity index (χ0) is 11.1. The third kappa shape index (κ3) is 1.62. The minimum atomic E-state index is -0.809. The van der Waals surface area contributed by atoms with Gasteiger partial charge in [-0.05, 0) is 31.4 Å². The molecule has 1 N–H and O–H groups in total. The van der Waals surface area contributed by atoms with Gasteiger partial charge in [0.2, 0.25) is 0 Å². The number of hydrogen-bond acceptors (Lipinski definition) is 2. The monoisotopic (exact) mass is 205 g/mol. The van der Waals surface area contributed by atoms with Crippen LogP contribution in [0, 0.1) is 17.1 Å². The Balaban J connectivity index is 2.39. The van der Waals surface area contributed by atoms with E-state index in [1.165, 1.54) is 13.0 Å². The van der Waals surface area contributed by atoms with Gasteiger partial charge in [-0.15, -0.1) is 0 Å².